The van der Waals surface area contributed by atoms with Gasteiger partial charge in [-0.3, -0.25) is 4.90 Å². The molecule has 1 heterocycles. The van der Waals surface area contributed by atoms with Gasteiger partial charge in [0.2, 0.25) is 0 Å². The summed E-state index contributed by atoms with van der Waals surface area (Å²) in [7, 11) is 1.52. The quantitative estimate of drug-likeness (QED) is 0.699. The topological polar surface area (TPSA) is 38.5 Å². The highest BCUT2D eigenvalue weighted by Crippen LogP contribution is 2.31. The van der Waals surface area contributed by atoms with Gasteiger partial charge in [-0.25, -0.2) is 8.78 Å². The lowest BCUT2D eigenvalue weighted by molar-refractivity contribution is 0.0119. The lowest BCUT2D eigenvalue weighted by atomic mass is 10.2. The van der Waals surface area contributed by atoms with Gasteiger partial charge >= 0.3 is 0 Å². The Bertz CT molecular complexity index is 150. The highest BCUT2D eigenvalue weighted by atomic mass is 19.3. The molecule has 1 rings (SSSR count). The van der Waals surface area contributed by atoms with E-state index in [4.69, 9.17) is 10.5 Å². The Morgan fingerprint density at radius 1 is 1.62 bits per heavy atom. The number of halogens is 2. The van der Waals surface area contributed by atoms with Crippen LogP contribution in [0.1, 0.15) is 6.42 Å². The van der Waals surface area contributed by atoms with Crippen LogP contribution < -0.4 is 5.73 Å². The monoisotopic (exact) mass is 194 g/mol. The zero-order chi connectivity index (χ0) is 9.90. The van der Waals surface area contributed by atoms with Crippen LogP contribution in [-0.4, -0.2) is 50.2 Å². The van der Waals surface area contributed by atoms with Crippen LogP contribution in [0.15, 0.2) is 0 Å². The van der Waals surface area contributed by atoms with E-state index in [1.165, 1.54) is 7.11 Å². The van der Waals surface area contributed by atoms with Crippen molar-refractivity contribution >= 4 is 0 Å². The Balaban J connectivity index is 2.49. The number of nitrogens with two attached hydrogens (primary N) is 1. The van der Waals surface area contributed by atoms with Crippen molar-refractivity contribution in [2.24, 2.45) is 5.73 Å². The molecule has 3 nitrogen and oxygen atoms in total. The van der Waals surface area contributed by atoms with Gasteiger partial charge in [0.25, 0.3) is 5.92 Å². The fourth-order valence-corrected chi connectivity index (χ4v) is 1.75. The summed E-state index contributed by atoms with van der Waals surface area (Å²) in [6.45, 7) is 1.10. The van der Waals surface area contributed by atoms with Crippen LogP contribution in [0, 0.1) is 0 Å². The van der Waals surface area contributed by atoms with Crippen LogP contribution in [0.3, 0.4) is 0 Å². The molecule has 0 aliphatic carbocycles. The lowest BCUT2D eigenvalue weighted by Gasteiger charge is -2.21. The molecule has 0 amide bonds. The molecule has 0 spiro atoms. The van der Waals surface area contributed by atoms with E-state index in [9.17, 15) is 8.78 Å². The Morgan fingerprint density at radius 3 is 2.85 bits per heavy atom. The largest absolute Gasteiger partial charge is 0.383 e. The van der Waals surface area contributed by atoms with Gasteiger partial charge in [-0.15, -0.1) is 0 Å². The molecule has 0 aromatic rings. The van der Waals surface area contributed by atoms with E-state index in [0.717, 1.165) is 0 Å². The summed E-state index contributed by atoms with van der Waals surface area (Å²) in [6, 6.07) is -0.177. The van der Waals surface area contributed by atoms with E-state index >= 15 is 0 Å². The first-order chi connectivity index (χ1) is 6.09. The molecular formula is C8H16F2N2O. The van der Waals surface area contributed by atoms with Gasteiger partial charge in [-0.05, 0) is 0 Å². The van der Waals surface area contributed by atoms with Crippen molar-refractivity contribution in [2.75, 3.05) is 33.4 Å². The predicted octanol–water partition coefficient (Wildman–Crippen LogP) is 0.301. The number of hydrogen-bond acceptors (Lipinski definition) is 3. The Morgan fingerprint density at radius 2 is 2.31 bits per heavy atom. The molecule has 0 aromatic carbocycles. The van der Waals surface area contributed by atoms with Crippen molar-refractivity contribution in [3.05, 3.63) is 0 Å². The third-order valence-electron chi connectivity index (χ3n) is 2.26. The molecule has 1 saturated heterocycles. The van der Waals surface area contributed by atoms with Crippen molar-refractivity contribution in [3.8, 4) is 0 Å². The van der Waals surface area contributed by atoms with Crippen LogP contribution in [0.5, 0.6) is 0 Å². The predicted molar refractivity (Wildman–Crippen MR) is 45.9 cm³/mol. The summed E-state index contributed by atoms with van der Waals surface area (Å²) in [4.78, 5) is 1.70. The van der Waals surface area contributed by atoms with Gasteiger partial charge < -0.3 is 10.5 Å². The van der Waals surface area contributed by atoms with Crippen LogP contribution in [0.4, 0.5) is 8.78 Å². The van der Waals surface area contributed by atoms with Gasteiger partial charge in [0, 0.05) is 32.7 Å². The minimum atomic E-state index is -2.57. The van der Waals surface area contributed by atoms with Crippen LogP contribution in [0.25, 0.3) is 0 Å². The maximum Gasteiger partial charge on any atom is 0.262 e. The Hall–Kier alpha value is -0.260. The molecule has 5 heteroatoms. The summed E-state index contributed by atoms with van der Waals surface area (Å²) >= 11 is 0. The van der Waals surface area contributed by atoms with Crippen LogP contribution >= 0.6 is 0 Å². The first-order valence-corrected chi connectivity index (χ1v) is 4.40. The fraction of sp³-hybridized carbons (Fsp3) is 1.00. The average molecular weight is 194 g/mol. The van der Waals surface area contributed by atoms with Crippen molar-refractivity contribution in [1.29, 1.82) is 0 Å². The molecule has 2 N–H and O–H groups in total. The zero-order valence-electron chi connectivity index (χ0n) is 7.80. The number of methoxy groups -OCH3 is 1. The molecule has 0 bridgehead atoms. The molecule has 0 aromatic heterocycles. The Kier molecular flexibility index (Phi) is 3.58. The number of hydrogen-bond donors (Lipinski definition) is 1. The lowest BCUT2D eigenvalue weighted by Crippen LogP contribution is -2.37. The number of rotatable bonds is 4. The molecule has 1 fully saturated rings. The first-order valence-electron chi connectivity index (χ1n) is 4.40. The molecule has 0 radical (unpaired) electrons. The first kappa shape index (κ1) is 10.8. The summed E-state index contributed by atoms with van der Waals surface area (Å²) in [5.74, 6) is -2.57. The second kappa shape index (κ2) is 4.30. The molecule has 1 aliphatic rings. The molecule has 1 aliphatic heterocycles. The summed E-state index contributed by atoms with van der Waals surface area (Å²) < 4.78 is 30.8. The molecule has 0 saturated carbocycles. The van der Waals surface area contributed by atoms with Gasteiger partial charge in [-0.1, -0.05) is 0 Å². The smallest absolute Gasteiger partial charge is 0.262 e. The maximum atomic E-state index is 13.0. The average Bonchev–Trinajstić information content (AvgIpc) is 2.28. The number of nitrogens with zero attached hydrogens (tertiary/aromatic N) is 1. The summed E-state index contributed by atoms with van der Waals surface area (Å²) in [6.07, 6.45) is -0.110. The van der Waals surface area contributed by atoms with E-state index in [0.29, 0.717) is 19.7 Å². The standard InChI is InChI=1S/C8H16F2N2O/c1-13-5-7-4-8(9,10)6-12(7)3-2-11/h7H,2-6,11H2,1H3/t7-/m1/s1. The zero-order valence-corrected chi connectivity index (χ0v) is 7.80. The molecule has 13 heavy (non-hydrogen) atoms. The Labute approximate surface area is 76.8 Å². The maximum absolute atomic E-state index is 13.0. The highest BCUT2D eigenvalue weighted by molar-refractivity contribution is 4.90. The van der Waals surface area contributed by atoms with Crippen molar-refractivity contribution in [3.63, 3.8) is 0 Å². The third-order valence-corrected chi connectivity index (χ3v) is 2.26. The highest BCUT2D eigenvalue weighted by Gasteiger charge is 2.44. The van der Waals surface area contributed by atoms with E-state index in [1.807, 2.05) is 0 Å². The third kappa shape index (κ3) is 2.86. The van der Waals surface area contributed by atoms with E-state index in [-0.39, 0.29) is 19.0 Å². The van der Waals surface area contributed by atoms with Crippen LogP contribution in [0.2, 0.25) is 0 Å². The summed E-state index contributed by atoms with van der Waals surface area (Å²) in [5, 5.41) is 0. The SMILES string of the molecule is COC[C@H]1CC(F)(F)CN1CCN. The number of alkyl halides is 2. The second-order valence-corrected chi connectivity index (χ2v) is 3.43. The number of likely N-dealkylation sites (tertiary alicyclic amines) is 1. The molecule has 1 atom stereocenters. The van der Waals surface area contributed by atoms with Gasteiger partial charge in [-0.2, -0.15) is 0 Å². The second-order valence-electron chi connectivity index (χ2n) is 3.43. The minimum absolute atomic E-state index is 0.110. The van der Waals surface area contributed by atoms with Crippen molar-refractivity contribution in [1.82, 2.24) is 4.90 Å². The minimum Gasteiger partial charge on any atom is -0.383 e. The molecule has 0 unspecified atom stereocenters. The number of ether oxygens (including phenoxy) is 1. The van der Waals surface area contributed by atoms with Crippen molar-refractivity contribution in [2.45, 2.75) is 18.4 Å². The van der Waals surface area contributed by atoms with Crippen LogP contribution in [-0.2, 0) is 4.74 Å². The van der Waals surface area contributed by atoms with Gasteiger partial charge in [0.05, 0.1) is 13.2 Å². The normalized spacial score (nSPS) is 28.2. The van der Waals surface area contributed by atoms with Crippen molar-refractivity contribution < 1.29 is 13.5 Å². The summed E-state index contributed by atoms with van der Waals surface area (Å²) in [5.41, 5.74) is 5.33. The van der Waals surface area contributed by atoms with E-state index in [1.54, 1.807) is 4.90 Å². The van der Waals surface area contributed by atoms with Gasteiger partial charge in [0.1, 0.15) is 0 Å². The molecular weight excluding hydrogens is 178 g/mol. The molecule has 78 valence electrons. The van der Waals surface area contributed by atoms with E-state index in [2.05, 4.69) is 0 Å². The fourth-order valence-electron chi connectivity index (χ4n) is 1.75. The van der Waals surface area contributed by atoms with Gasteiger partial charge in [0.15, 0.2) is 0 Å². The van der Waals surface area contributed by atoms with E-state index < -0.39 is 5.92 Å².